The van der Waals surface area contributed by atoms with Gasteiger partial charge < -0.3 is 9.80 Å². The number of thiophene rings is 1. The van der Waals surface area contributed by atoms with Crippen LogP contribution in [0.1, 0.15) is 23.3 Å². The highest BCUT2D eigenvalue weighted by Crippen LogP contribution is 2.26. The molecule has 7 heteroatoms. The summed E-state index contributed by atoms with van der Waals surface area (Å²) in [4.78, 5) is 36.4. The molecule has 1 atom stereocenters. The van der Waals surface area contributed by atoms with Crippen LogP contribution in [0.25, 0.3) is 10.2 Å². The van der Waals surface area contributed by atoms with E-state index >= 15 is 0 Å². The molecule has 21 heavy (non-hydrogen) atoms. The quantitative estimate of drug-likeness (QED) is 0.841. The molecule has 1 saturated heterocycles. The second-order valence-corrected chi connectivity index (χ2v) is 6.16. The summed E-state index contributed by atoms with van der Waals surface area (Å²) in [5, 5.41) is 1.89. The highest BCUT2D eigenvalue weighted by molar-refractivity contribution is 7.17. The number of aromatic nitrogens is 2. The van der Waals surface area contributed by atoms with E-state index in [0.29, 0.717) is 18.7 Å². The zero-order valence-corrected chi connectivity index (χ0v) is 12.8. The van der Waals surface area contributed by atoms with Crippen LogP contribution >= 0.6 is 11.3 Å². The number of rotatable bonds is 2. The van der Waals surface area contributed by atoms with Gasteiger partial charge in [0.1, 0.15) is 18.1 Å². The lowest BCUT2D eigenvalue weighted by molar-refractivity contribution is -0.132. The Morgan fingerprint density at radius 2 is 2.19 bits per heavy atom. The maximum absolute atomic E-state index is 12.8. The SMILES string of the molecule is CN(C)C(=O)C1CCCN1C(=O)c1ncnc2ccsc12. The van der Waals surface area contributed by atoms with Gasteiger partial charge in [0.15, 0.2) is 0 Å². The Morgan fingerprint density at radius 3 is 2.95 bits per heavy atom. The fourth-order valence-electron chi connectivity index (χ4n) is 2.64. The number of amides is 2. The number of hydrogen-bond donors (Lipinski definition) is 0. The lowest BCUT2D eigenvalue weighted by Crippen LogP contribution is -2.45. The monoisotopic (exact) mass is 304 g/mol. The van der Waals surface area contributed by atoms with Gasteiger partial charge in [-0.25, -0.2) is 9.97 Å². The van der Waals surface area contributed by atoms with Crippen LogP contribution in [0.3, 0.4) is 0 Å². The molecule has 3 rings (SSSR count). The molecular formula is C14H16N4O2S. The Balaban J connectivity index is 1.94. The molecule has 0 saturated carbocycles. The van der Waals surface area contributed by atoms with Gasteiger partial charge in [-0.05, 0) is 24.3 Å². The molecule has 1 unspecified atom stereocenters. The van der Waals surface area contributed by atoms with E-state index in [1.165, 1.54) is 22.6 Å². The number of likely N-dealkylation sites (tertiary alicyclic amines) is 1. The van der Waals surface area contributed by atoms with Crippen molar-refractivity contribution in [3.8, 4) is 0 Å². The zero-order valence-electron chi connectivity index (χ0n) is 11.9. The van der Waals surface area contributed by atoms with Gasteiger partial charge in [0.05, 0.1) is 10.2 Å². The van der Waals surface area contributed by atoms with Crippen molar-refractivity contribution in [3.05, 3.63) is 23.5 Å². The Hall–Kier alpha value is -2.02. The fraction of sp³-hybridized carbons (Fsp3) is 0.429. The first-order valence-corrected chi connectivity index (χ1v) is 7.68. The Bertz CT molecular complexity index is 697. The van der Waals surface area contributed by atoms with Crippen LogP contribution < -0.4 is 0 Å². The molecule has 0 bridgehead atoms. The van der Waals surface area contributed by atoms with E-state index < -0.39 is 0 Å². The van der Waals surface area contributed by atoms with Crippen LogP contribution in [0.2, 0.25) is 0 Å². The number of nitrogens with zero attached hydrogens (tertiary/aromatic N) is 4. The highest BCUT2D eigenvalue weighted by Gasteiger charge is 2.36. The minimum atomic E-state index is -0.377. The summed E-state index contributed by atoms with van der Waals surface area (Å²) >= 11 is 1.45. The predicted molar refractivity (Wildman–Crippen MR) is 80.2 cm³/mol. The highest BCUT2D eigenvalue weighted by atomic mass is 32.1. The first-order valence-electron chi connectivity index (χ1n) is 6.80. The molecule has 1 aliphatic rings. The third-order valence-electron chi connectivity index (χ3n) is 3.69. The van der Waals surface area contributed by atoms with E-state index in [-0.39, 0.29) is 17.9 Å². The number of hydrogen-bond acceptors (Lipinski definition) is 5. The first kappa shape index (κ1) is 13.9. The van der Waals surface area contributed by atoms with Crippen molar-refractivity contribution < 1.29 is 9.59 Å². The average molecular weight is 304 g/mol. The fourth-order valence-corrected chi connectivity index (χ4v) is 3.47. The molecular weight excluding hydrogens is 288 g/mol. The van der Waals surface area contributed by atoms with E-state index in [4.69, 9.17) is 0 Å². The van der Waals surface area contributed by atoms with E-state index in [9.17, 15) is 9.59 Å². The van der Waals surface area contributed by atoms with Gasteiger partial charge in [-0.1, -0.05) is 0 Å². The van der Waals surface area contributed by atoms with E-state index in [1.807, 2.05) is 11.4 Å². The van der Waals surface area contributed by atoms with Gasteiger partial charge in [0, 0.05) is 20.6 Å². The van der Waals surface area contributed by atoms with Crippen molar-refractivity contribution in [2.45, 2.75) is 18.9 Å². The number of carbonyl (C=O) groups is 2. The van der Waals surface area contributed by atoms with Crippen LogP contribution in [0.4, 0.5) is 0 Å². The summed E-state index contributed by atoms with van der Waals surface area (Å²) in [5.74, 6) is -0.208. The maximum Gasteiger partial charge on any atom is 0.274 e. The van der Waals surface area contributed by atoms with Crippen molar-refractivity contribution in [2.24, 2.45) is 0 Å². The van der Waals surface area contributed by atoms with Crippen LogP contribution in [0, 0.1) is 0 Å². The second-order valence-electron chi connectivity index (χ2n) is 5.25. The first-order chi connectivity index (χ1) is 10.1. The van der Waals surface area contributed by atoms with Crippen LogP contribution in [0.15, 0.2) is 17.8 Å². The van der Waals surface area contributed by atoms with Crippen molar-refractivity contribution in [1.29, 1.82) is 0 Å². The Kier molecular flexibility index (Phi) is 3.59. The Morgan fingerprint density at radius 1 is 1.38 bits per heavy atom. The molecule has 0 radical (unpaired) electrons. The van der Waals surface area contributed by atoms with Crippen LogP contribution in [0.5, 0.6) is 0 Å². The predicted octanol–water partition coefficient (Wildman–Crippen LogP) is 1.38. The lowest BCUT2D eigenvalue weighted by atomic mass is 10.2. The molecule has 1 fully saturated rings. The lowest BCUT2D eigenvalue weighted by Gasteiger charge is -2.26. The van der Waals surface area contributed by atoms with Crippen molar-refractivity contribution in [2.75, 3.05) is 20.6 Å². The van der Waals surface area contributed by atoms with Crippen molar-refractivity contribution in [1.82, 2.24) is 19.8 Å². The van der Waals surface area contributed by atoms with Gasteiger partial charge in [0.25, 0.3) is 5.91 Å². The standard InChI is InChI=1S/C14H16N4O2S/c1-17(2)13(19)10-4-3-6-18(10)14(20)11-12-9(5-7-21-12)15-8-16-11/h5,7-8,10H,3-4,6H2,1-2H3. The summed E-state index contributed by atoms with van der Waals surface area (Å²) < 4.78 is 0.783. The number of fused-ring (bicyclic) bond motifs is 1. The van der Waals surface area contributed by atoms with E-state index in [0.717, 1.165) is 16.6 Å². The maximum atomic E-state index is 12.8. The molecule has 2 aromatic heterocycles. The Labute approximate surface area is 126 Å². The molecule has 2 aromatic rings. The van der Waals surface area contributed by atoms with Crippen molar-refractivity contribution in [3.63, 3.8) is 0 Å². The number of carbonyl (C=O) groups excluding carboxylic acids is 2. The molecule has 0 spiro atoms. The van der Waals surface area contributed by atoms with Gasteiger partial charge in [-0.3, -0.25) is 9.59 Å². The van der Waals surface area contributed by atoms with E-state index in [1.54, 1.807) is 19.0 Å². The van der Waals surface area contributed by atoms with Crippen molar-refractivity contribution >= 4 is 33.4 Å². The van der Waals surface area contributed by atoms with Gasteiger partial charge in [-0.2, -0.15) is 0 Å². The topological polar surface area (TPSA) is 66.4 Å². The summed E-state index contributed by atoms with van der Waals surface area (Å²) in [6.45, 7) is 0.597. The molecule has 0 aliphatic carbocycles. The molecule has 6 nitrogen and oxygen atoms in total. The summed E-state index contributed by atoms with van der Waals surface area (Å²) in [6, 6.07) is 1.49. The summed E-state index contributed by atoms with van der Waals surface area (Å²) in [7, 11) is 3.43. The molecule has 110 valence electrons. The van der Waals surface area contributed by atoms with Gasteiger partial charge >= 0.3 is 0 Å². The molecule has 0 aromatic carbocycles. The normalized spacial score (nSPS) is 18.2. The average Bonchev–Trinajstić information content (AvgIpc) is 3.13. The summed E-state index contributed by atoms with van der Waals surface area (Å²) in [6.07, 6.45) is 2.96. The number of likely N-dealkylation sites (N-methyl/N-ethyl adjacent to an activating group) is 1. The molecule has 0 N–H and O–H groups in total. The van der Waals surface area contributed by atoms with Crippen LogP contribution in [-0.2, 0) is 4.79 Å². The smallest absolute Gasteiger partial charge is 0.274 e. The molecule has 2 amide bonds. The third-order valence-corrected chi connectivity index (χ3v) is 4.60. The van der Waals surface area contributed by atoms with E-state index in [2.05, 4.69) is 9.97 Å². The zero-order chi connectivity index (χ0) is 15.0. The van der Waals surface area contributed by atoms with Crippen LogP contribution in [-0.4, -0.2) is 58.3 Å². The largest absolute Gasteiger partial charge is 0.347 e. The molecule has 1 aliphatic heterocycles. The second kappa shape index (κ2) is 5.40. The summed E-state index contributed by atoms with van der Waals surface area (Å²) in [5.41, 5.74) is 1.17. The van der Waals surface area contributed by atoms with Gasteiger partial charge in [0.2, 0.25) is 5.91 Å². The minimum Gasteiger partial charge on any atom is -0.347 e. The van der Waals surface area contributed by atoms with Gasteiger partial charge in [-0.15, -0.1) is 11.3 Å². The molecule has 3 heterocycles. The minimum absolute atomic E-state index is 0.0303. The third kappa shape index (κ3) is 2.37.